The first kappa shape index (κ1) is 31.7. The molecule has 0 unspecified atom stereocenters. The van der Waals surface area contributed by atoms with Crippen LogP contribution >= 0.6 is 0 Å². The molecule has 214 valence electrons. The van der Waals surface area contributed by atoms with Gasteiger partial charge in [0.25, 0.3) is 0 Å². The van der Waals surface area contributed by atoms with Gasteiger partial charge in [0.15, 0.2) is 17.9 Å². The van der Waals surface area contributed by atoms with E-state index in [1.54, 1.807) is 0 Å². The molecule has 4 atom stereocenters. The lowest BCUT2D eigenvalue weighted by atomic mass is 10.1. The van der Waals surface area contributed by atoms with Gasteiger partial charge in [0.05, 0.1) is 18.9 Å². The number of unbranched alkanes of at least 4 members (excludes halogenated alkanes) is 9. The fraction of sp³-hybridized carbons (Fsp3) is 0.679. The number of aliphatic hydroxyl groups excluding tert-OH is 2. The molecule has 1 aliphatic heterocycles. The Balaban J connectivity index is 1.54. The Morgan fingerprint density at radius 2 is 1.68 bits per heavy atom. The van der Waals surface area contributed by atoms with Crippen molar-refractivity contribution in [3.05, 3.63) is 46.8 Å². The van der Waals surface area contributed by atoms with E-state index in [0.29, 0.717) is 6.42 Å². The van der Waals surface area contributed by atoms with Crippen LogP contribution in [-0.2, 0) is 9.47 Å². The van der Waals surface area contributed by atoms with Crippen LogP contribution in [0.4, 0.5) is 15.0 Å². The van der Waals surface area contributed by atoms with Crippen LogP contribution in [0.5, 0.6) is 0 Å². The number of carbonyl (C=O) groups excluding carboxylic acids is 1. The summed E-state index contributed by atoms with van der Waals surface area (Å²) >= 11 is 0. The van der Waals surface area contributed by atoms with Crippen LogP contribution in [0.2, 0.25) is 0 Å². The molecule has 0 aromatic carbocycles. The van der Waals surface area contributed by atoms with Crippen LogP contribution in [0, 0.1) is 5.82 Å². The van der Waals surface area contributed by atoms with Gasteiger partial charge in [0.2, 0.25) is 0 Å². The van der Waals surface area contributed by atoms with Gasteiger partial charge in [-0.1, -0.05) is 69.8 Å². The maximum absolute atomic E-state index is 14.4. The van der Waals surface area contributed by atoms with E-state index in [1.165, 1.54) is 39.0 Å². The minimum Gasteiger partial charge on any atom is -0.449 e. The van der Waals surface area contributed by atoms with Gasteiger partial charge in [0, 0.05) is 0 Å². The highest BCUT2D eigenvalue weighted by Gasteiger charge is 2.42. The van der Waals surface area contributed by atoms with E-state index < -0.39 is 48.0 Å². The standard InChI is InChI=1S/C28H44FN3O6/c1-3-4-5-6-7-8-9-10-11-12-13-14-15-16-17-18-19-37-28(36)31-25-22(29)20-32(27(35)30-25)26-24(34)23(33)21(2)38-26/h7-8,10-11,20-21,23-24,26,33-34H,3-6,9,12-19H2,1-2H3,(H,30,31,35,36)/b8-7-,11-10-/t21-,23-,24-,26-/m0/s1. The molecule has 1 saturated heterocycles. The average molecular weight is 538 g/mol. The summed E-state index contributed by atoms with van der Waals surface area (Å²) in [6.07, 6.45) is 17.4. The molecule has 1 aliphatic rings. The topological polar surface area (TPSA) is 123 Å². The van der Waals surface area contributed by atoms with Gasteiger partial charge < -0.3 is 19.7 Å². The first-order valence-corrected chi connectivity index (χ1v) is 13.9. The summed E-state index contributed by atoms with van der Waals surface area (Å²) in [6, 6.07) is 0. The largest absolute Gasteiger partial charge is 0.449 e. The maximum atomic E-state index is 14.4. The van der Waals surface area contributed by atoms with Crippen molar-refractivity contribution in [2.75, 3.05) is 11.9 Å². The van der Waals surface area contributed by atoms with Crippen molar-refractivity contribution in [2.45, 2.75) is 115 Å². The number of allylic oxidation sites excluding steroid dienone is 4. The van der Waals surface area contributed by atoms with Crippen molar-refractivity contribution in [2.24, 2.45) is 0 Å². The number of hydrogen-bond donors (Lipinski definition) is 3. The third-order valence-electron chi connectivity index (χ3n) is 6.46. The molecular weight excluding hydrogens is 493 g/mol. The first-order valence-electron chi connectivity index (χ1n) is 13.9. The second-order valence-corrected chi connectivity index (χ2v) is 9.69. The number of aromatic nitrogens is 2. The highest BCUT2D eigenvalue weighted by Crippen LogP contribution is 2.28. The Hall–Kier alpha value is -2.56. The van der Waals surface area contributed by atoms with E-state index in [4.69, 9.17) is 9.47 Å². The summed E-state index contributed by atoms with van der Waals surface area (Å²) in [5.41, 5.74) is -0.947. The molecule has 1 aromatic rings. The molecule has 2 heterocycles. The van der Waals surface area contributed by atoms with Crippen molar-refractivity contribution >= 4 is 11.9 Å². The van der Waals surface area contributed by atoms with Crippen molar-refractivity contribution in [3.63, 3.8) is 0 Å². The summed E-state index contributed by atoms with van der Waals surface area (Å²) < 4.78 is 25.5. The number of ether oxygens (including phenoxy) is 2. The zero-order chi connectivity index (χ0) is 27.8. The zero-order valence-corrected chi connectivity index (χ0v) is 22.7. The maximum Gasteiger partial charge on any atom is 0.412 e. The molecule has 1 fully saturated rings. The molecule has 0 aliphatic carbocycles. The highest BCUT2D eigenvalue weighted by atomic mass is 19.1. The van der Waals surface area contributed by atoms with Crippen LogP contribution in [0.3, 0.4) is 0 Å². The number of carbonyl (C=O) groups is 1. The summed E-state index contributed by atoms with van der Waals surface area (Å²) in [7, 11) is 0. The monoisotopic (exact) mass is 537 g/mol. The first-order chi connectivity index (χ1) is 18.3. The molecule has 10 heteroatoms. The van der Waals surface area contributed by atoms with Crippen LogP contribution in [-0.4, -0.2) is 50.8 Å². The SMILES string of the molecule is CCCCC/C=C\C/C=C\CCCCCCCCOC(=O)Nc1nc(=O)n([C@H]2O[C@@H](C)[C@H](O)[C@@H]2O)cc1F. The summed E-state index contributed by atoms with van der Waals surface area (Å²) in [4.78, 5) is 27.7. The Morgan fingerprint density at radius 1 is 1.05 bits per heavy atom. The lowest BCUT2D eigenvalue weighted by Crippen LogP contribution is -2.36. The van der Waals surface area contributed by atoms with E-state index in [-0.39, 0.29) is 6.61 Å². The summed E-state index contributed by atoms with van der Waals surface area (Å²) in [6.45, 7) is 3.91. The third kappa shape index (κ3) is 11.0. The number of anilines is 1. The smallest absolute Gasteiger partial charge is 0.412 e. The number of rotatable bonds is 17. The summed E-state index contributed by atoms with van der Waals surface area (Å²) in [5, 5.41) is 21.9. The fourth-order valence-corrected chi connectivity index (χ4v) is 4.16. The van der Waals surface area contributed by atoms with E-state index in [9.17, 15) is 24.2 Å². The Kier molecular flexibility index (Phi) is 14.9. The van der Waals surface area contributed by atoms with Crippen LogP contribution < -0.4 is 11.0 Å². The Labute approximate surface area is 224 Å². The van der Waals surface area contributed by atoms with Crippen LogP contribution in [0.1, 0.15) is 97.1 Å². The number of hydrogen-bond acceptors (Lipinski definition) is 7. The quantitative estimate of drug-likeness (QED) is 0.180. The van der Waals surface area contributed by atoms with Crippen molar-refractivity contribution < 1.29 is 28.9 Å². The number of nitrogens with zero attached hydrogens (tertiary/aromatic N) is 2. The second-order valence-electron chi connectivity index (χ2n) is 9.69. The normalized spacial score (nSPS) is 21.5. The van der Waals surface area contributed by atoms with Crippen molar-refractivity contribution in [1.82, 2.24) is 9.55 Å². The number of nitrogens with one attached hydrogen (secondary N) is 1. The van der Waals surface area contributed by atoms with Gasteiger partial charge in [-0.15, -0.1) is 0 Å². The summed E-state index contributed by atoms with van der Waals surface area (Å²) in [5.74, 6) is -1.57. The van der Waals surface area contributed by atoms with Gasteiger partial charge in [0.1, 0.15) is 12.2 Å². The molecule has 0 spiro atoms. The van der Waals surface area contributed by atoms with E-state index >= 15 is 0 Å². The highest BCUT2D eigenvalue weighted by molar-refractivity contribution is 5.83. The number of halogens is 1. The lowest BCUT2D eigenvalue weighted by molar-refractivity contribution is -0.0355. The second kappa shape index (κ2) is 17.9. The molecule has 0 bridgehead atoms. The van der Waals surface area contributed by atoms with E-state index in [0.717, 1.165) is 49.3 Å². The van der Waals surface area contributed by atoms with Gasteiger partial charge in [-0.05, 0) is 45.4 Å². The number of amides is 1. The minimum absolute atomic E-state index is 0.178. The molecule has 3 N–H and O–H groups in total. The lowest BCUT2D eigenvalue weighted by Gasteiger charge is -2.17. The van der Waals surface area contributed by atoms with Gasteiger partial charge >= 0.3 is 11.8 Å². The van der Waals surface area contributed by atoms with Crippen LogP contribution in [0.25, 0.3) is 0 Å². The average Bonchev–Trinajstić information content (AvgIpc) is 3.14. The number of aliphatic hydroxyl groups is 2. The predicted molar refractivity (Wildman–Crippen MR) is 144 cm³/mol. The minimum atomic E-state index is -1.41. The Morgan fingerprint density at radius 3 is 2.32 bits per heavy atom. The van der Waals surface area contributed by atoms with Gasteiger partial charge in [-0.3, -0.25) is 9.88 Å². The van der Waals surface area contributed by atoms with Crippen molar-refractivity contribution in [3.8, 4) is 0 Å². The van der Waals surface area contributed by atoms with E-state index in [2.05, 4.69) is 41.5 Å². The molecule has 0 radical (unpaired) electrons. The van der Waals surface area contributed by atoms with Crippen LogP contribution in [0.15, 0.2) is 35.3 Å². The molecule has 1 aromatic heterocycles. The third-order valence-corrected chi connectivity index (χ3v) is 6.46. The Bertz CT molecular complexity index is 951. The predicted octanol–water partition coefficient (Wildman–Crippen LogP) is 5.38. The molecule has 38 heavy (non-hydrogen) atoms. The fourth-order valence-electron chi connectivity index (χ4n) is 4.16. The molecule has 0 saturated carbocycles. The van der Waals surface area contributed by atoms with Gasteiger partial charge in [-0.2, -0.15) is 4.98 Å². The van der Waals surface area contributed by atoms with Gasteiger partial charge in [-0.25, -0.2) is 14.0 Å². The zero-order valence-electron chi connectivity index (χ0n) is 22.7. The molecular formula is C28H44FN3O6. The molecule has 2 rings (SSSR count). The molecule has 1 amide bonds. The molecule has 9 nitrogen and oxygen atoms in total. The van der Waals surface area contributed by atoms with E-state index in [1.807, 2.05) is 0 Å². The van der Waals surface area contributed by atoms with Crippen molar-refractivity contribution in [1.29, 1.82) is 0 Å².